The standard InChI is InChI=1S/C27H23FN2O6S/c1-4-35-26(34)24-14(3)29-27(37-24)30-21(17-7-5-6-8-18(17)28)20(23(32)25(30)33)22(31)15-9-10-19-16(12-15)11-13(2)36-19/h5-10,12-13,21,31H,4,11H2,1-3H3/t13-,21+/m1/s1. The van der Waals surface area contributed by atoms with Crippen molar-refractivity contribution in [3.8, 4) is 5.75 Å². The van der Waals surface area contributed by atoms with Crippen LogP contribution in [-0.2, 0) is 20.7 Å². The van der Waals surface area contributed by atoms with Gasteiger partial charge in [-0.25, -0.2) is 14.2 Å². The number of aryl methyl sites for hydroxylation is 1. The molecule has 5 rings (SSSR count). The first-order valence-electron chi connectivity index (χ1n) is 11.7. The molecule has 3 heterocycles. The maximum absolute atomic E-state index is 15.1. The summed E-state index contributed by atoms with van der Waals surface area (Å²) in [7, 11) is 0. The second-order valence-electron chi connectivity index (χ2n) is 8.78. The number of nitrogens with zero attached hydrogens (tertiary/aromatic N) is 2. The van der Waals surface area contributed by atoms with E-state index in [-0.39, 0.29) is 33.9 Å². The molecule has 0 bridgehead atoms. The molecule has 10 heteroatoms. The quantitative estimate of drug-likeness (QED) is 0.224. The SMILES string of the molecule is CCOC(=O)c1sc(N2C(=O)C(=O)C(=C(O)c3ccc4c(c3)C[C@@H](C)O4)[C@@H]2c2ccccc2F)nc1C. The van der Waals surface area contributed by atoms with Crippen molar-refractivity contribution in [2.75, 3.05) is 11.5 Å². The number of halogens is 1. The van der Waals surface area contributed by atoms with Crippen molar-refractivity contribution in [2.45, 2.75) is 39.3 Å². The van der Waals surface area contributed by atoms with Gasteiger partial charge in [0.25, 0.3) is 5.78 Å². The number of rotatable bonds is 5. The van der Waals surface area contributed by atoms with Crippen LogP contribution in [0.5, 0.6) is 5.75 Å². The topological polar surface area (TPSA) is 106 Å². The van der Waals surface area contributed by atoms with Gasteiger partial charge >= 0.3 is 11.9 Å². The molecule has 0 aliphatic carbocycles. The number of carbonyl (C=O) groups is 3. The van der Waals surface area contributed by atoms with Gasteiger partial charge in [0.2, 0.25) is 0 Å². The van der Waals surface area contributed by atoms with Gasteiger partial charge in [0.1, 0.15) is 34.3 Å². The van der Waals surface area contributed by atoms with Crippen molar-refractivity contribution in [1.82, 2.24) is 4.98 Å². The van der Waals surface area contributed by atoms with Gasteiger partial charge in [-0.1, -0.05) is 29.5 Å². The molecule has 0 spiro atoms. The van der Waals surface area contributed by atoms with E-state index < -0.39 is 35.3 Å². The molecule has 1 N–H and O–H groups in total. The minimum atomic E-state index is -1.30. The van der Waals surface area contributed by atoms with Gasteiger partial charge in [0.15, 0.2) is 5.13 Å². The highest BCUT2D eigenvalue weighted by Crippen LogP contribution is 2.45. The van der Waals surface area contributed by atoms with Gasteiger partial charge in [-0.05, 0) is 50.6 Å². The van der Waals surface area contributed by atoms with E-state index in [1.54, 1.807) is 38.1 Å². The molecule has 3 aromatic rings. The van der Waals surface area contributed by atoms with Crippen LogP contribution in [0.1, 0.15) is 51.9 Å². The number of aliphatic hydroxyl groups excluding tert-OH is 1. The average molecular weight is 523 g/mol. The maximum atomic E-state index is 15.1. The molecular weight excluding hydrogens is 499 g/mol. The van der Waals surface area contributed by atoms with E-state index in [4.69, 9.17) is 9.47 Å². The highest BCUT2D eigenvalue weighted by molar-refractivity contribution is 7.17. The Morgan fingerprint density at radius 2 is 2.03 bits per heavy atom. The number of carbonyl (C=O) groups excluding carboxylic acids is 3. The number of amides is 1. The zero-order valence-corrected chi connectivity index (χ0v) is 21.1. The third-order valence-electron chi connectivity index (χ3n) is 6.27. The van der Waals surface area contributed by atoms with E-state index >= 15 is 4.39 Å². The number of hydrogen-bond acceptors (Lipinski definition) is 8. The molecule has 1 amide bonds. The Morgan fingerprint density at radius 1 is 1.27 bits per heavy atom. The molecule has 190 valence electrons. The zero-order chi connectivity index (χ0) is 26.4. The Balaban J connectivity index is 1.68. The summed E-state index contributed by atoms with van der Waals surface area (Å²) in [5, 5.41) is 11.4. The number of hydrogen-bond donors (Lipinski definition) is 1. The Labute approximate surface area is 216 Å². The first kappa shape index (κ1) is 24.6. The van der Waals surface area contributed by atoms with E-state index in [0.29, 0.717) is 23.4 Å². The van der Waals surface area contributed by atoms with Gasteiger partial charge in [0.05, 0.1) is 17.9 Å². The summed E-state index contributed by atoms with van der Waals surface area (Å²) in [5.41, 5.74) is 1.20. The average Bonchev–Trinajstić information content (AvgIpc) is 3.51. The number of ether oxygens (including phenoxy) is 2. The third-order valence-corrected chi connectivity index (χ3v) is 7.40. The lowest BCUT2D eigenvalue weighted by Gasteiger charge is -2.23. The lowest BCUT2D eigenvalue weighted by Crippen LogP contribution is -2.29. The maximum Gasteiger partial charge on any atom is 0.350 e. The molecule has 37 heavy (non-hydrogen) atoms. The summed E-state index contributed by atoms with van der Waals surface area (Å²) >= 11 is 0.865. The number of benzene rings is 2. The minimum absolute atomic E-state index is 0.00639. The molecule has 1 fully saturated rings. The van der Waals surface area contributed by atoms with Crippen molar-refractivity contribution >= 4 is 39.9 Å². The van der Waals surface area contributed by atoms with Gasteiger partial charge < -0.3 is 14.6 Å². The number of ketones is 1. The first-order chi connectivity index (χ1) is 17.7. The van der Waals surface area contributed by atoms with Crippen molar-refractivity contribution < 1.29 is 33.4 Å². The van der Waals surface area contributed by atoms with Crippen molar-refractivity contribution in [1.29, 1.82) is 0 Å². The Bertz CT molecular complexity index is 1480. The predicted octanol–water partition coefficient (Wildman–Crippen LogP) is 4.72. The largest absolute Gasteiger partial charge is 0.507 e. The van der Waals surface area contributed by atoms with E-state index in [0.717, 1.165) is 21.8 Å². The lowest BCUT2D eigenvalue weighted by molar-refractivity contribution is -0.132. The summed E-state index contributed by atoms with van der Waals surface area (Å²) < 4.78 is 25.9. The van der Waals surface area contributed by atoms with Crippen LogP contribution < -0.4 is 9.64 Å². The lowest BCUT2D eigenvalue weighted by atomic mass is 9.94. The highest BCUT2D eigenvalue weighted by atomic mass is 32.1. The molecule has 2 aliphatic rings. The molecular formula is C27H23FN2O6S. The van der Waals surface area contributed by atoms with Crippen LogP contribution in [0.25, 0.3) is 5.76 Å². The van der Waals surface area contributed by atoms with Crippen LogP contribution in [-0.4, -0.2) is 40.5 Å². The number of anilines is 1. The van der Waals surface area contributed by atoms with Crippen LogP contribution >= 0.6 is 11.3 Å². The van der Waals surface area contributed by atoms with Crippen LogP contribution in [0, 0.1) is 12.7 Å². The molecule has 8 nitrogen and oxygen atoms in total. The first-order valence-corrected chi connectivity index (χ1v) is 12.5. The van der Waals surface area contributed by atoms with Crippen LogP contribution in [0.2, 0.25) is 0 Å². The number of aliphatic hydroxyl groups is 1. The van der Waals surface area contributed by atoms with Crippen molar-refractivity contribution in [3.05, 3.63) is 81.1 Å². The van der Waals surface area contributed by atoms with Crippen LogP contribution in [0.15, 0.2) is 48.0 Å². The van der Waals surface area contributed by atoms with Gasteiger partial charge in [0, 0.05) is 17.5 Å². The fourth-order valence-electron chi connectivity index (χ4n) is 4.62. The monoisotopic (exact) mass is 522 g/mol. The molecule has 1 aromatic heterocycles. The minimum Gasteiger partial charge on any atom is -0.507 e. The molecule has 0 saturated carbocycles. The van der Waals surface area contributed by atoms with Gasteiger partial charge in [-0.15, -0.1) is 0 Å². The van der Waals surface area contributed by atoms with Crippen molar-refractivity contribution in [3.63, 3.8) is 0 Å². The number of Topliss-reactive ketones (excluding diaryl/α,β-unsaturated/α-hetero) is 1. The number of fused-ring (bicyclic) bond motifs is 1. The molecule has 0 unspecified atom stereocenters. The molecule has 2 atom stereocenters. The number of thiazole rings is 1. The van der Waals surface area contributed by atoms with Crippen molar-refractivity contribution in [2.24, 2.45) is 0 Å². The summed E-state index contributed by atoms with van der Waals surface area (Å²) in [5.74, 6) is -3.01. The third kappa shape index (κ3) is 4.17. The summed E-state index contributed by atoms with van der Waals surface area (Å²) in [6.07, 6.45) is 0.592. The second kappa shape index (κ2) is 9.44. The molecule has 1 saturated heterocycles. The smallest absolute Gasteiger partial charge is 0.350 e. The number of esters is 1. The Kier molecular flexibility index (Phi) is 6.28. The van der Waals surface area contributed by atoms with E-state index in [1.807, 2.05) is 6.92 Å². The second-order valence-corrected chi connectivity index (χ2v) is 9.75. The van der Waals surface area contributed by atoms with Gasteiger partial charge in [-0.2, -0.15) is 0 Å². The molecule has 2 aliphatic heterocycles. The number of aromatic nitrogens is 1. The Morgan fingerprint density at radius 3 is 2.76 bits per heavy atom. The summed E-state index contributed by atoms with van der Waals surface area (Å²) in [6, 6.07) is 9.39. The summed E-state index contributed by atoms with van der Waals surface area (Å²) in [4.78, 5) is 44.6. The van der Waals surface area contributed by atoms with E-state index in [1.165, 1.54) is 18.2 Å². The van der Waals surface area contributed by atoms with Crippen LogP contribution in [0.4, 0.5) is 9.52 Å². The fourth-order valence-corrected chi connectivity index (χ4v) is 5.60. The zero-order valence-electron chi connectivity index (χ0n) is 20.3. The van der Waals surface area contributed by atoms with Gasteiger partial charge in [-0.3, -0.25) is 14.5 Å². The van der Waals surface area contributed by atoms with E-state index in [9.17, 15) is 19.5 Å². The fraction of sp³-hybridized carbons (Fsp3) is 0.259. The highest BCUT2D eigenvalue weighted by Gasteiger charge is 2.49. The van der Waals surface area contributed by atoms with Crippen LogP contribution in [0.3, 0.4) is 0 Å². The predicted molar refractivity (Wildman–Crippen MR) is 134 cm³/mol. The molecule has 0 radical (unpaired) electrons. The summed E-state index contributed by atoms with van der Waals surface area (Å²) in [6.45, 7) is 5.31. The normalized spacial score (nSPS) is 20.2. The van der Waals surface area contributed by atoms with E-state index in [2.05, 4.69) is 4.98 Å². The molecule has 2 aromatic carbocycles. The Hall–Kier alpha value is -4.05.